The molecule has 3 aliphatic rings. The Morgan fingerprint density at radius 1 is 1.23 bits per heavy atom. The largest absolute Gasteiger partial charge is 0.393 e. The van der Waals surface area contributed by atoms with Crippen LogP contribution in [0.2, 0.25) is 0 Å². The predicted molar refractivity (Wildman–Crippen MR) is 99.0 cm³/mol. The molecule has 2 aliphatic heterocycles. The fourth-order valence-electron chi connectivity index (χ4n) is 4.92. The highest BCUT2D eigenvalue weighted by Crippen LogP contribution is 2.43. The highest BCUT2D eigenvalue weighted by molar-refractivity contribution is 5.86. The number of hydrogen-bond donors (Lipinski definition) is 1. The Kier molecular flexibility index (Phi) is 4.58. The van der Waals surface area contributed by atoms with Crippen molar-refractivity contribution in [2.75, 3.05) is 24.5 Å². The van der Waals surface area contributed by atoms with E-state index in [1.807, 2.05) is 6.07 Å². The van der Waals surface area contributed by atoms with Gasteiger partial charge in [0.15, 0.2) is 5.69 Å². The number of pyridine rings is 1. The lowest BCUT2D eigenvalue weighted by Crippen LogP contribution is -2.50. The minimum atomic E-state index is -0.301. The number of amides is 1. The van der Waals surface area contributed by atoms with Gasteiger partial charge in [-0.05, 0) is 57.1 Å². The predicted octanol–water partition coefficient (Wildman–Crippen LogP) is 2.75. The summed E-state index contributed by atoms with van der Waals surface area (Å²) in [7, 11) is 0. The Balaban J connectivity index is 1.50. The summed E-state index contributed by atoms with van der Waals surface area (Å²) in [4.78, 5) is 25.5. The molecule has 4 rings (SSSR count). The second-order valence-corrected chi connectivity index (χ2v) is 8.00. The highest BCUT2D eigenvalue weighted by Gasteiger charge is 2.50. The van der Waals surface area contributed by atoms with E-state index in [2.05, 4.69) is 19.6 Å². The van der Waals surface area contributed by atoms with Crippen molar-refractivity contribution >= 4 is 17.4 Å². The first-order valence-electron chi connectivity index (χ1n) is 9.69. The number of piperidine rings is 1. The lowest BCUT2D eigenvalue weighted by Gasteiger charge is -2.41. The average Bonchev–Trinajstić information content (AvgIpc) is 2.98. The zero-order valence-corrected chi connectivity index (χ0v) is 15.1. The van der Waals surface area contributed by atoms with Gasteiger partial charge >= 0.3 is 0 Å². The number of aliphatic hydroxyl groups is 1. The number of aromatic nitrogens is 1. The molecule has 6 heteroatoms. The van der Waals surface area contributed by atoms with Gasteiger partial charge in [-0.15, -0.1) is 0 Å². The Hall–Kier alpha value is -2.13. The van der Waals surface area contributed by atoms with Crippen molar-refractivity contribution in [3.63, 3.8) is 0 Å². The lowest BCUT2D eigenvalue weighted by molar-refractivity contribution is -0.139. The summed E-state index contributed by atoms with van der Waals surface area (Å²) in [6.07, 6.45) is 7.77. The molecule has 3 heterocycles. The van der Waals surface area contributed by atoms with Gasteiger partial charge in [-0.25, -0.2) is 9.83 Å². The van der Waals surface area contributed by atoms with Crippen molar-refractivity contribution in [1.82, 2.24) is 9.88 Å². The molecular formula is C20H26N4O2. The smallest absolute Gasteiger partial charge is 0.230 e. The molecule has 26 heavy (non-hydrogen) atoms. The van der Waals surface area contributed by atoms with Crippen LogP contribution in [0.4, 0.5) is 11.5 Å². The van der Waals surface area contributed by atoms with Crippen LogP contribution in [-0.2, 0) is 4.79 Å². The van der Waals surface area contributed by atoms with Crippen molar-refractivity contribution in [3.8, 4) is 0 Å². The van der Waals surface area contributed by atoms with Gasteiger partial charge in [-0.3, -0.25) is 4.79 Å². The summed E-state index contributed by atoms with van der Waals surface area (Å²) in [5.41, 5.74) is 0.291. The summed E-state index contributed by atoms with van der Waals surface area (Å²) in [6.45, 7) is 9.63. The van der Waals surface area contributed by atoms with Crippen molar-refractivity contribution in [3.05, 3.63) is 29.7 Å². The highest BCUT2D eigenvalue weighted by atomic mass is 16.3. The number of carbonyl (C=O) groups is 1. The van der Waals surface area contributed by atoms with Gasteiger partial charge in [0, 0.05) is 31.9 Å². The first kappa shape index (κ1) is 17.3. The zero-order chi connectivity index (χ0) is 18.1. The fourth-order valence-corrected chi connectivity index (χ4v) is 4.92. The standard InChI is InChI=1S/C20H26N4O2/c1-21-15-7-10-22-18(13-15)23-11-2-8-20(14-23)9-12-24(19(20)26)16-3-5-17(25)6-4-16/h7,10,13,16-17,25H,2-6,8-9,11-12,14H2/t16?,17?,20-/m0/s1. The molecule has 0 radical (unpaired) electrons. The monoisotopic (exact) mass is 354 g/mol. The number of carbonyl (C=O) groups excluding carboxylic acids is 1. The Bertz CT molecular complexity index is 723. The van der Waals surface area contributed by atoms with Crippen LogP contribution in [0.15, 0.2) is 18.3 Å². The maximum Gasteiger partial charge on any atom is 0.230 e. The normalized spacial score (nSPS) is 32.1. The molecule has 2 saturated heterocycles. The minimum Gasteiger partial charge on any atom is -0.393 e. The molecule has 1 aromatic heterocycles. The van der Waals surface area contributed by atoms with Crippen LogP contribution in [0.3, 0.4) is 0 Å². The fraction of sp³-hybridized carbons (Fsp3) is 0.650. The summed E-state index contributed by atoms with van der Waals surface area (Å²) in [5.74, 6) is 1.11. The van der Waals surface area contributed by atoms with E-state index in [4.69, 9.17) is 6.57 Å². The molecule has 138 valence electrons. The van der Waals surface area contributed by atoms with Gasteiger partial charge in [0.1, 0.15) is 5.82 Å². The number of hydrogen-bond acceptors (Lipinski definition) is 4. The molecule has 3 fully saturated rings. The number of likely N-dealkylation sites (tertiary alicyclic amines) is 1. The topological polar surface area (TPSA) is 61.0 Å². The molecule has 1 amide bonds. The van der Waals surface area contributed by atoms with E-state index in [9.17, 15) is 9.90 Å². The van der Waals surface area contributed by atoms with Gasteiger partial charge < -0.3 is 14.9 Å². The molecule has 0 aromatic carbocycles. The molecule has 1 saturated carbocycles. The minimum absolute atomic E-state index is 0.191. The third-order valence-electron chi connectivity index (χ3n) is 6.41. The quantitative estimate of drug-likeness (QED) is 0.830. The first-order valence-corrected chi connectivity index (χ1v) is 9.69. The molecular weight excluding hydrogens is 328 g/mol. The Morgan fingerprint density at radius 2 is 2.04 bits per heavy atom. The van der Waals surface area contributed by atoms with Gasteiger partial charge in [0.2, 0.25) is 5.91 Å². The van der Waals surface area contributed by atoms with Crippen LogP contribution in [0, 0.1) is 12.0 Å². The van der Waals surface area contributed by atoms with Gasteiger partial charge in [-0.1, -0.05) is 0 Å². The van der Waals surface area contributed by atoms with Crippen molar-refractivity contribution in [1.29, 1.82) is 0 Å². The van der Waals surface area contributed by atoms with E-state index in [1.165, 1.54) is 0 Å². The van der Waals surface area contributed by atoms with E-state index in [0.717, 1.165) is 63.9 Å². The van der Waals surface area contributed by atoms with Crippen molar-refractivity contribution in [2.45, 2.75) is 57.1 Å². The van der Waals surface area contributed by atoms with Crippen LogP contribution in [-0.4, -0.2) is 52.7 Å². The summed E-state index contributed by atoms with van der Waals surface area (Å²) in [5, 5.41) is 9.74. The van der Waals surface area contributed by atoms with Crippen molar-refractivity contribution in [2.24, 2.45) is 5.41 Å². The van der Waals surface area contributed by atoms with Gasteiger partial charge in [0.05, 0.1) is 18.1 Å². The van der Waals surface area contributed by atoms with Crippen LogP contribution >= 0.6 is 0 Å². The third-order valence-corrected chi connectivity index (χ3v) is 6.41. The summed E-state index contributed by atoms with van der Waals surface area (Å²) >= 11 is 0. The molecule has 1 spiro atoms. The molecule has 1 N–H and O–H groups in total. The molecule has 6 nitrogen and oxygen atoms in total. The van der Waals surface area contributed by atoms with Gasteiger partial charge in [0.25, 0.3) is 0 Å². The zero-order valence-electron chi connectivity index (χ0n) is 15.1. The molecule has 0 bridgehead atoms. The van der Waals surface area contributed by atoms with Crippen LogP contribution in [0.5, 0.6) is 0 Å². The van der Waals surface area contributed by atoms with E-state index >= 15 is 0 Å². The van der Waals surface area contributed by atoms with E-state index in [1.54, 1.807) is 12.3 Å². The number of rotatable bonds is 2. The summed E-state index contributed by atoms with van der Waals surface area (Å²) in [6, 6.07) is 3.84. The number of aliphatic hydroxyl groups excluding tert-OH is 1. The van der Waals surface area contributed by atoms with E-state index in [0.29, 0.717) is 24.2 Å². The lowest BCUT2D eigenvalue weighted by atomic mass is 9.78. The second kappa shape index (κ2) is 6.88. The van der Waals surface area contributed by atoms with Crippen LogP contribution in [0.25, 0.3) is 4.85 Å². The van der Waals surface area contributed by atoms with Crippen LogP contribution < -0.4 is 4.90 Å². The van der Waals surface area contributed by atoms with E-state index < -0.39 is 0 Å². The Labute approximate surface area is 154 Å². The van der Waals surface area contributed by atoms with Crippen LogP contribution in [0.1, 0.15) is 44.9 Å². The Morgan fingerprint density at radius 3 is 2.81 bits per heavy atom. The first-order chi connectivity index (χ1) is 12.6. The second-order valence-electron chi connectivity index (χ2n) is 8.00. The van der Waals surface area contributed by atoms with Gasteiger partial charge in [-0.2, -0.15) is 0 Å². The number of anilines is 1. The SMILES string of the molecule is [C-]#[N+]c1ccnc(N2CCC[C@]3(CCN(C4CCC(O)CC4)C3=O)C2)c1. The average molecular weight is 354 g/mol. The third kappa shape index (κ3) is 3.05. The molecule has 1 aromatic rings. The molecule has 1 aliphatic carbocycles. The molecule has 1 atom stereocenters. The summed E-state index contributed by atoms with van der Waals surface area (Å²) < 4.78 is 0. The maximum absolute atomic E-state index is 13.3. The molecule has 0 unspecified atom stereocenters. The maximum atomic E-state index is 13.3. The number of nitrogens with zero attached hydrogens (tertiary/aromatic N) is 4. The van der Waals surface area contributed by atoms with Crippen molar-refractivity contribution < 1.29 is 9.90 Å². The van der Waals surface area contributed by atoms with E-state index in [-0.39, 0.29) is 11.5 Å².